The van der Waals surface area contributed by atoms with Gasteiger partial charge in [0, 0.05) is 17.1 Å². The molecule has 0 bridgehead atoms. The Balaban J connectivity index is 0.000000289. The third kappa shape index (κ3) is 7.10. The monoisotopic (exact) mass is 609 g/mol. The molecule has 5 rings (SSSR count). The molecule has 1 aromatic carbocycles. The number of anilines is 1. The lowest BCUT2D eigenvalue weighted by atomic mass is 9.95. The zero-order chi connectivity index (χ0) is 31.7. The molecule has 4 N–H and O–H groups in total. The van der Waals surface area contributed by atoms with Gasteiger partial charge >= 0.3 is 24.3 Å². The topological polar surface area (TPSA) is 150 Å². The fraction of sp³-hybridized carbons (Fsp3) is 0.292. The molecule has 42 heavy (non-hydrogen) atoms. The summed E-state index contributed by atoms with van der Waals surface area (Å²) < 4.78 is 93.0. The smallest absolute Gasteiger partial charge is 0.475 e. The predicted molar refractivity (Wildman–Crippen MR) is 129 cm³/mol. The molecule has 0 saturated heterocycles. The van der Waals surface area contributed by atoms with Gasteiger partial charge < -0.3 is 19.9 Å². The normalized spacial score (nSPS) is 16.2. The number of nitrogens with zero attached hydrogens (tertiary/aromatic N) is 3. The van der Waals surface area contributed by atoms with Gasteiger partial charge in [-0.05, 0) is 49.1 Å². The Labute approximate surface area is 229 Å². The number of hydrogen-bond donors (Lipinski definition) is 4. The van der Waals surface area contributed by atoms with E-state index in [1.165, 1.54) is 0 Å². The lowest BCUT2D eigenvalue weighted by molar-refractivity contribution is -0.193. The molecule has 3 aromatic heterocycles. The number of aliphatic carboxylic acids is 2. The van der Waals surface area contributed by atoms with Crippen LogP contribution in [0.3, 0.4) is 0 Å². The lowest BCUT2D eigenvalue weighted by Crippen LogP contribution is -2.21. The van der Waals surface area contributed by atoms with E-state index in [0.717, 1.165) is 16.5 Å². The van der Waals surface area contributed by atoms with Crippen molar-refractivity contribution in [1.82, 2.24) is 19.6 Å². The summed E-state index contributed by atoms with van der Waals surface area (Å²) in [6.45, 7) is 3.47. The van der Waals surface area contributed by atoms with Gasteiger partial charge in [0.2, 0.25) is 5.91 Å². The number of fused-ring (bicyclic) bond motifs is 2. The highest BCUT2D eigenvalue weighted by Gasteiger charge is 2.44. The first-order valence-electron chi connectivity index (χ1n) is 11.5. The summed E-state index contributed by atoms with van der Waals surface area (Å²) in [6.07, 6.45) is -5.77. The van der Waals surface area contributed by atoms with E-state index < -0.39 is 36.4 Å². The van der Waals surface area contributed by atoms with Gasteiger partial charge in [-0.2, -0.15) is 31.4 Å². The number of carbonyl (C=O) groups excluding carboxylic acids is 1. The first-order chi connectivity index (χ1) is 19.3. The maximum atomic E-state index is 14.7. The second-order valence-electron chi connectivity index (χ2n) is 8.86. The van der Waals surface area contributed by atoms with Crippen molar-refractivity contribution in [3.8, 4) is 11.1 Å². The summed E-state index contributed by atoms with van der Waals surface area (Å²) in [5.74, 6) is -6.35. The molecular formula is C24H19F8N5O5. The molecule has 1 aliphatic carbocycles. The van der Waals surface area contributed by atoms with Gasteiger partial charge in [0.25, 0.3) is 0 Å². The molecule has 18 heteroatoms. The molecule has 3 heterocycles. The van der Waals surface area contributed by atoms with Crippen LogP contribution in [0.4, 0.5) is 40.9 Å². The number of carbonyl (C=O) groups is 3. The molecular weight excluding hydrogens is 590 g/mol. The van der Waals surface area contributed by atoms with Crippen molar-refractivity contribution >= 4 is 40.2 Å². The average molecular weight is 609 g/mol. The summed E-state index contributed by atoms with van der Waals surface area (Å²) in [6, 6.07) is 3.65. The van der Waals surface area contributed by atoms with Gasteiger partial charge in [0.15, 0.2) is 5.82 Å². The molecule has 1 amide bonds. The Morgan fingerprint density at radius 2 is 1.55 bits per heavy atom. The quantitative estimate of drug-likeness (QED) is 0.233. The van der Waals surface area contributed by atoms with E-state index in [1.54, 1.807) is 36.7 Å². The Hall–Kier alpha value is -4.77. The number of hydrogen-bond acceptors (Lipinski definition) is 5. The summed E-state index contributed by atoms with van der Waals surface area (Å²) in [7, 11) is 0. The second-order valence-corrected chi connectivity index (χ2v) is 8.86. The number of aromatic nitrogens is 4. The van der Waals surface area contributed by atoms with Crippen LogP contribution in [0.1, 0.15) is 17.5 Å². The molecule has 0 unspecified atom stereocenters. The van der Waals surface area contributed by atoms with E-state index in [2.05, 4.69) is 20.5 Å². The molecule has 1 saturated carbocycles. The number of halogens is 8. The summed E-state index contributed by atoms with van der Waals surface area (Å²) >= 11 is 0. The van der Waals surface area contributed by atoms with Crippen LogP contribution in [0.2, 0.25) is 0 Å². The van der Waals surface area contributed by atoms with Crippen molar-refractivity contribution in [2.24, 2.45) is 5.92 Å². The van der Waals surface area contributed by atoms with Gasteiger partial charge in [-0.1, -0.05) is 0 Å². The number of alkyl halides is 7. The fourth-order valence-electron chi connectivity index (χ4n) is 3.69. The SMILES string of the molecule is Cc1c(F)c(C)c2[nH]ncc2c1-c1ccc2nc(NC(=O)[C@@H]3C[C@@H]3F)cn2c1.O=C(O)C(F)(F)F.O=C(O)C(F)(F)F. The molecule has 0 spiro atoms. The number of pyridine rings is 1. The van der Waals surface area contributed by atoms with Gasteiger partial charge in [0.05, 0.1) is 23.8 Å². The highest BCUT2D eigenvalue weighted by molar-refractivity contribution is 5.98. The third-order valence-corrected chi connectivity index (χ3v) is 5.84. The molecule has 10 nitrogen and oxygen atoms in total. The number of nitrogens with one attached hydrogen (secondary N) is 2. The highest BCUT2D eigenvalue weighted by atomic mass is 19.4. The van der Waals surface area contributed by atoms with Gasteiger partial charge in [-0.3, -0.25) is 9.89 Å². The minimum absolute atomic E-state index is 0.266. The van der Waals surface area contributed by atoms with E-state index in [0.29, 0.717) is 28.1 Å². The second kappa shape index (κ2) is 11.6. The fourth-order valence-corrected chi connectivity index (χ4v) is 3.69. The van der Waals surface area contributed by atoms with Crippen LogP contribution < -0.4 is 5.32 Å². The minimum Gasteiger partial charge on any atom is -0.475 e. The molecule has 0 aliphatic heterocycles. The van der Waals surface area contributed by atoms with E-state index in [9.17, 15) is 39.9 Å². The van der Waals surface area contributed by atoms with E-state index in [1.807, 2.05) is 12.3 Å². The number of rotatable bonds is 3. The molecule has 0 radical (unpaired) electrons. The number of H-pyrrole nitrogens is 1. The summed E-state index contributed by atoms with van der Waals surface area (Å²) in [4.78, 5) is 34.1. The maximum Gasteiger partial charge on any atom is 0.490 e. The van der Waals surface area contributed by atoms with Crippen LogP contribution in [-0.4, -0.2) is 66.2 Å². The van der Waals surface area contributed by atoms with Crippen LogP contribution in [0, 0.1) is 25.6 Å². The molecule has 4 aromatic rings. The Kier molecular flexibility index (Phi) is 8.78. The maximum absolute atomic E-state index is 14.7. The minimum atomic E-state index is -5.08. The van der Waals surface area contributed by atoms with E-state index in [-0.39, 0.29) is 18.1 Å². The molecule has 1 aliphatic rings. The van der Waals surface area contributed by atoms with E-state index >= 15 is 0 Å². The zero-order valence-electron chi connectivity index (χ0n) is 21.2. The number of carboxylic acid groups (broad SMARTS) is 2. The van der Waals surface area contributed by atoms with Crippen molar-refractivity contribution in [1.29, 1.82) is 0 Å². The van der Waals surface area contributed by atoms with Crippen molar-refractivity contribution in [2.75, 3.05) is 5.32 Å². The van der Waals surface area contributed by atoms with E-state index in [4.69, 9.17) is 19.8 Å². The largest absolute Gasteiger partial charge is 0.490 e. The number of imidazole rings is 1. The van der Waals surface area contributed by atoms with Crippen molar-refractivity contribution in [3.63, 3.8) is 0 Å². The molecule has 226 valence electrons. The van der Waals surface area contributed by atoms with Gasteiger partial charge in [-0.25, -0.2) is 23.4 Å². The van der Waals surface area contributed by atoms with Crippen LogP contribution in [0.5, 0.6) is 0 Å². The number of aryl methyl sites for hydroxylation is 1. The number of amides is 1. The number of benzene rings is 1. The van der Waals surface area contributed by atoms with Crippen LogP contribution >= 0.6 is 0 Å². The van der Waals surface area contributed by atoms with Crippen molar-refractivity contribution in [3.05, 3.63) is 47.7 Å². The number of carboxylic acids is 2. The van der Waals surface area contributed by atoms with Crippen molar-refractivity contribution < 1.29 is 59.7 Å². The average Bonchev–Trinajstić information content (AvgIpc) is 3.23. The van der Waals surface area contributed by atoms with Crippen LogP contribution in [-0.2, 0) is 14.4 Å². The van der Waals surface area contributed by atoms with Crippen molar-refractivity contribution in [2.45, 2.75) is 38.8 Å². The van der Waals surface area contributed by atoms with Crippen LogP contribution in [0.25, 0.3) is 27.7 Å². The first kappa shape index (κ1) is 31.8. The van der Waals surface area contributed by atoms with Gasteiger partial charge in [-0.15, -0.1) is 0 Å². The lowest BCUT2D eigenvalue weighted by Gasteiger charge is -2.12. The zero-order valence-corrected chi connectivity index (χ0v) is 21.2. The summed E-state index contributed by atoms with van der Waals surface area (Å²) in [5.41, 5.74) is 3.93. The standard InChI is InChI=1S/C20H17F2N5O.2C2HF3O2/c1-9-17(13-6-23-26-19(13)10(2)18(9)22)11-3-4-16-24-15(8-27(16)7-11)25-20(28)12-5-14(12)21;2*3-2(4,5)1(6)7/h3-4,6-8,12,14H,5H2,1-2H3,(H,23,26)(H,25,28);2*(H,6,7)/t12-,14+;;/m1../s1. The Bertz CT molecular complexity index is 1640. The Morgan fingerprint density at radius 3 is 2.05 bits per heavy atom. The highest BCUT2D eigenvalue weighted by Crippen LogP contribution is 2.36. The first-order valence-corrected chi connectivity index (χ1v) is 11.5. The predicted octanol–water partition coefficient (Wildman–Crippen LogP) is 5.20. The van der Waals surface area contributed by atoms with Gasteiger partial charge in [0.1, 0.15) is 17.6 Å². The third-order valence-electron chi connectivity index (χ3n) is 5.84. The Morgan fingerprint density at radius 1 is 1.00 bits per heavy atom. The number of aromatic amines is 1. The summed E-state index contributed by atoms with van der Waals surface area (Å²) in [5, 5.41) is 24.7. The van der Waals surface area contributed by atoms with Crippen LogP contribution in [0.15, 0.2) is 30.7 Å². The molecule has 2 atom stereocenters. The molecule has 1 fully saturated rings.